The van der Waals surface area contributed by atoms with E-state index >= 15 is 0 Å². The van der Waals surface area contributed by atoms with Gasteiger partial charge in [0.25, 0.3) is 5.91 Å². The molecule has 1 aliphatic carbocycles. The monoisotopic (exact) mass is 505 g/mol. The number of ether oxygens (including phenoxy) is 2. The van der Waals surface area contributed by atoms with Crippen LogP contribution in [0.4, 0.5) is 0 Å². The maximum absolute atomic E-state index is 13.6. The smallest absolute Gasteiger partial charge is 0.259 e. The number of rotatable bonds is 7. The molecule has 4 rings (SSSR count). The van der Waals surface area contributed by atoms with Gasteiger partial charge in [0.15, 0.2) is 0 Å². The Morgan fingerprint density at radius 1 is 1.27 bits per heavy atom. The molecular formula is C29H35N3O5. The number of hydrogen-bond acceptors (Lipinski definition) is 6. The quantitative estimate of drug-likeness (QED) is 0.582. The number of aliphatic hydroxyl groups excluding tert-OH is 1. The van der Waals surface area contributed by atoms with Gasteiger partial charge in [0.05, 0.1) is 26.3 Å². The standard InChI is InChI=1S/C29H35N3O5/c1-19-16-32(20(2)18-33)29(35)25-13-23(8-5-21-9-11-24(36-4)12-10-21)15-30-28(25)37-26(19)17-31(3)27(34)14-22-6-7-22/h9-13,15,19-20,22,26,33H,6-7,14,16-18H2,1-4H3/t19-,20-,26+/m0/s1. The molecule has 3 atom stereocenters. The lowest BCUT2D eigenvalue weighted by Crippen LogP contribution is -2.50. The van der Waals surface area contributed by atoms with Gasteiger partial charge >= 0.3 is 0 Å². The highest BCUT2D eigenvalue weighted by Gasteiger charge is 2.35. The van der Waals surface area contributed by atoms with Gasteiger partial charge in [-0.25, -0.2) is 4.98 Å². The molecule has 1 aromatic heterocycles. The van der Waals surface area contributed by atoms with Crippen LogP contribution in [0, 0.1) is 23.7 Å². The summed E-state index contributed by atoms with van der Waals surface area (Å²) >= 11 is 0. The summed E-state index contributed by atoms with van der Waals surface area (Å²) in [6, 6.07) is 8.69. The Labute approximate surface area is 218 Å². The van der Waals surface area contributed by atoms with Crippen LogP contribution in [0.5, 0.6) is 11.6 Å². The van der Waals surface area contributed by atoms with Crippen molar-refractivity contribution in [2.24, 2.45) is 11.8 Å². The van der Waals surface area contributed by atoms with Gasteiger partial charge in [0.2, 0.25) is 11.8 Å². The largest absolute Gasteiger partial charge is 0.497 e. The number of amides is 2. The zero-order valence-corrected chi connectivity index (χ0v) is 21.9. The van der Waals surface area contributed by atoms with Crippen molar-refractivity contribution in [1.29, 1.82) is 0 Å². The van der Waals surface area contributed by atoms with Crippen LogP contribution in [0.15, 0.2) is 36.5 Å². The Morgan fingerprint density at radius 2 is 1.97 bits per heavy atom. The highest BCUT2D eigenvalue weighted by atomic mass is 16.5. The Kier molecular flexibility index (Phi) is 8.34. The van der Waals surface area contributed by atoms with E-state index in [-0.39, 0.29) is 42.4 Å². The number of carbonyl (C=O) groups excluding carboxylic acids is 2. The third kappa shape index (κ3) is 6.60. The minimum atomic E-state index is -0.384. The van der Waals surface area contributed by atoms with E-state index < -0.39 is 0 Å². The summed E-state index contributed by atoms with van der Waals surface area (Å²) in [5, 5.41) is 9.85. The number of hydrogen-bond donors (Lipinski definition) is 1. The molecule has 0 saturated heterocycles. The molecule has 1 saturated carbocycles. The molecule has 1 N–H and O–H groups in total. The molecule has 0 unspecified atom stereocenters. The van der Waals surface area contributed by atoms with Crippen LogP contribution in [-0.2, 0) is 4.79 Å². The second-order valence-electron chi connectivity index (χ2n) is 10.1. The van der Waals surface area contributed by atoms with Gasteiger partial charge in [-0.1, -0.05) is 18.8 Å². The van der Waals surface area contributed by atoms with E-state index in [9.17, 15) is 14.7 Å². The van der Waals surface area contributed by atoms with Gasteiger partial charge in [-0.2, -0.15) is 0 Å². The van der Waals surface area contributed by atoms with Crippen molar-refractivity contribution in [3.63, 3.8) is 0 Å². The maximum Gasteiger partial charge on any atom is 0.259 e. The van der Waals surface area contributed by atoms with E-state index in [0.717, 1.165) is 24.2 Å². The summed E-state index contributed by atoms with van der Waals surface area (Å²) in [5.74, 6) is 7.39. The number of methoxy groups -OCH3 is 1. The number of likely N-dealkylation sites (N-methyl/N-ethyl adjacent to an activating group) is 1. The number of pyridine rings is 1. The number of aliphatic hydroxyl groups is 1. The second-order valence-corrected chi connectivity index (χ2v) is 10.1. The van der Waals surface area contributed by atoms with E-state index in [1.807, 2.05) is 38.1 Å². The van der Waals surface area contributed by atoms with Crippen molar-refractivity contribution in [3.05, 3.63) is 53.2 Å². The van der Waals surface area contributed by atoms with Crippen LogP contribution >= 0.6 is 0 Å². The fourth-order valence-corrected chi connectivity index (χ4v) is 4.30. The van der Waals surface area contributed by atoms with Crippen LogP contribution < -0.4 is 9.47 Å². The Morgan fingerprint density at radius 3 is 2.62 bits per heavy atom. The van der Waals surface area contributed by atoms with Crippen molar-refractivity contribution in [1.82, 2.24) is 14.8 Å². The number of aromatic nitrogens is 1. The molecule has 8 heteroatoms. The normalized spacial score (nSPS) is 19.9. The first kappa shape index (κ1) is 26.5. The molecule has 1 fully saturated rings. The van der Waals surface area contributed by atoms with Crippen LogP contribution in [0.1, 0.15) is 54.6 Å². The minimum Gasteiger partial charge on any atom is -0.497 e. The average molecular weight is 506 g/mol. The Hall–Kier alpha value is -3.57. The predicted octanol–water partition coefficient (Wildman–Crippen LogP) is 2.97. The van der Waals surface area contributed by atoms with Crippen LogP contribution in [-0.4, -0.2) is 77.7 Å². The summed E-state index contributed by atoms with van der Waals surface area (Å²) in [6.07, 6.45) is 4.03. The maximum atomic E-state index is 13.6. The minimum absolute atomic E-state index is 0.0846. The molecule has 0 spiro atoms. The first-order chi connectivity index (χ1) is 17.8. The summed E-state index contributed by atoms with van der Waals surface area (Å²) in [4.78, 5) is 34.1. The van der Waals surface area contributed by atoms with Crippen LogP contribution in [0.2, 0.25) is 0 Å². The van der Waals surface area contributed by atoms with Crippen molar-refractivity contribution in [2.75, 3.05) is 33.9 Å². The molecule has 1 aromatic carbocycles. The fraction of sp³-hybridized carbons (Fsp3) is 0.483. The molecule has 1 aliphatic heterocycles. The van der Waals surface area contributed by atoms with E-state index in [2.05, 4.69) is 16.8 Å². The van der Waals surface area contributed by atoms with Gasteiger partial charge in [0, 0.05) is 43.3 Å². The van der Waals surface area contributed by atoms with E-state index in [0.29, 0.717) is 36.6 Å². The summed E-state index contributed by atoms with van der Waals surface area (Å²) < 4.78 is 11.5. The highest BCUT2D eigenvalue weighted by Crippen LogP contribution is 2.33. The first-order valence-electron chi connectivity index (χ1n) is 12.8. The van der Waals surface area contributed by atoms with Crippen molar-refractivity contribution in [3.8, 4) is 23.5 Å². The van der Waals surface area contributed by atoms with Crippen molar-refractivity contribution < 1.29 is 24.2 Å². The summed E-state index contributed by atoms with van der Waals surface area (Å²) in [7, 11) is 3.41. The third-order valence-corrected chi connectivity index (χ3v) is 7.00. The van der Waals surface area contributed by atoms with Crippen molar-refractivity contribution in [2.45, 2.75) is 45.3 Å². The van der Waals surface area contributed by atoms with E-state index in [1.54, 1.807) is 36.2 Å². The summed E-state index contributed by atoms with van der Waals surface area (Å²) in [6.45, 7) is 4.42. The number of nitrogens with zero attached hydrogens (tertiary/aromatic N) is 3. The summed E-state index contributed by atoms with van der Waals surface area (Å²) in [5.41, 5.74) is 1.68. The molecule has 2 amide bonds. The second kappa shape index (κ2) is 11.7. The predicted molar refractivity (Wildman–Crippen MR) is 139 cm³/mol. The molecule has 196 valence electrons. The topological polar surface area (TPSA) is 92.2 Å². The third-order valence-electron chi connectivity index (χ3n) is 7.00. The molecule has 2 heterocycles. The lowest BCUT2D eigenvalue weighted by Gasteiger charge is -2.37. The molecule has 2 aliphatic rings. The Balaban J connectivity index is 1.61. The number of carbonyl (C=O) groups is 2. The molecule has 37 heavy (non-hydrogen) atoms. The van der Waals surface area contributed by atoms with Gasteiger partial charge in [-0.3, -0.25) is 9.59 Å². The molecular weight excluding hydrogens is 470 g/mol. The zero-order chi connectivity index (χ0) is 26.5. The zero-order valence-electron chi connectivity index (χ0n) is 21.9. The number of fused-ring (bicyclic) bond motifs is 1. The molecule has 0 bridgehead atoms. The van der Waals surface area contributed by atoms with Gasteiger partial charge in [-0.05, 0) is 56.0 Å². The van der Waals surface area contributed by atoms with Gasteiger partial charge < -0.3 is 24.4 Å². The van der Waals surface area contributed by atoms with Crippen molar-refractivity contribution >= 4 is 11.8 Å². The van der Waals surface area contributed by atoms with Crippen LogP contribution in [0.25, 0.3) is 0 Å². The lowest BCUT2D eigenvalue weighted by molar-refractivity contribution is -0.131. The molecule has 2 aromatic rings. The van der Waals surface area contributed by atoms with Gasteiger partial charge in [-0.15, -0.1) is 0 Å². The highest BCUT2D eigenvalue weighted by molar-refractivity contribution is 5.97. The first-order valence-corrected chi connectivity index (χ1v) is 12.8. The fourth-order valence-electron chi connectivity index (χ4n) is 4.30. The average Bonchev–Trinajstić information content (AvgIpc) is 3.73. The van der Waals surface area contributed by atoms with E-state index in [4.69, 9.17) is 9.47 Å². The molecule has 0 radical (unpaired) electrons. The van der Waals surface area contributed by atoms with Gasteiger partial charge in [0.1, 0.15) is 17.4 Å². The van der Waals surface area contributed by atoms with E-state index in [1.165, 1.54) is 0 Å². The molecule has 8 nitrogen and oxygen atoms in total. The lowest BCUT2D eigenvalue weighted by atomic mass is 9.99. The number of benzene rings is 1. The Bertz CT molecular complexity index is 1180. The van der Waals surface area contributed by atoms with Crippen LogP contribution in [0.3, 0.4) is 0 Å². The SMILES string of the molecule is COc1ccc(C#Cc2cnc3c(c2)C(=O)N([C@@H](C)CO)C[C@H](C)[C@@H](CN(C)C(=O)CC2CC2)O3)cc1.